The van der Waals surface area contributed by atoms with Gasteiger partial charge in [0, 0.05) is 18.7 Å². The van der Waals surface area contributed by atoms with Gasteiger partial charge in [-0.1, -0.05) is 84.4 Å². The van der Waals surface area contributed by atoms with Crippen LogP contribution in [0.3, 0.4) is 0 Å². The minimum atomic E-state index is -1.03. The molecule has 0 radical (unpaired) electrons. The molecule has 236 valence electrons. The molecule has 1 saturated heterocycles. The van der Waals surface area contributed by atoms with E-state index in [0.29, 0.717) is 31.4 Å². The highest BCUT2D eigenvalue weighted by Gasteiger charge is 2.43. The summed E-state index contributed by atoms with van der Waals surface area (Å²) in [5.41, 5.74) is -0.271. The molecule has 4 unspecified atom stereocenters. The van der Waals surface area contributed by atoms with Crippen molar-refractivity contribution in [3.63, 3.8) is 0 Å². The fourth-order valence-corrected chi connectivity index (χ4v) is 4.98. The van der Waals surface area contributed by atoms with E-state index >= 15 is 0 Å². The van der Waals surface area contributed by atoms with Crippen LogP contribution in [-0.4, -0.2) is 77.5 Å². The zero-order chi connectivity index (χ0) is 32.3. The quantitative estimate of drug-likeness (QED) is 0.147. The van der Waals surface area contributed by atoms with Gasteiger partial charge in [0.2, 0.25) is 17.6 Å². The summed E-state index contributed by atoms with van der Waals surface area (Å²) in [6, 6.07) is 4.27. The lowest BCUT2D eigenvalue weighted by Gasteiger charge is -2.36. The largest absolute Gasteiger partial charge is 0.346 e. The maximum Gasteiger partial charge on any atom is 0.316 e. The number of benzene rings is 1. The molecule has 0 saturated carbocycles. The molecule has 0 bridgehead atoms. The summed E-state index contributed by atoms with van der Waals surface area (Å²) in [4.78, 5) is 80.0. The molecule has 11 heteroatoms. The zero-order valence-electron chi connectivity index (χ0n) is 26.2. The highest BCUT2D eigenvalue weighted by Crippen LogP contribution is 2.26. The van der Waals surface area contributed by atoms with Crippen molar-refractivity contribution < 1.29 is 28.8 Å². The molecule has 5 amide bonds. The van der Waals surface area contributed by atoms with Crippen LogP contribution < -0.4 is 21.3 Å². The van der Waals surface area contributed by atoms with Crippen molar-refractivity contribution in [2.24, 2.45) is 11.3 Å². The average Bonchev–Trinajstić information content (AvgIpc) is 3.46. The number of hydrogen-bond acceptors (Lipinski definition) is 6. The van der Waals surface area contributed by atoms with E-state index in [-0.39, 0.29) is 24.7 Å². The lowest BCUT2D eigenvalue weighted by molar-refractivity contribution is -0.143. The monoisotopic (exact) mass is 597 g/mol. The van der Waals surface area contributed by atoms with Gasteiger partial charge in [0.1, 0.15) is 12.1 Å². The summed E-state index contributed by atoms with van der Waals surface area (Å²) < 4.78 is 0. The summed E-state index contributed by atoms with van der Waals surface area (Å²) in [6.45, 7) is 14.8. The van der Waals surface area contributed by atoms with E-state index < -0.39 is 59.1 Å². The van der Waals surface area contributed by atoms with Crippen molar-refractivity contribution in [2.75, 3.05) is 13.1 Å². The van der Waals surface area contributed by atoms with Crippen molar-refractivity contribution in [3.8, 4) is 0 Å². The third-order valence-corrected chi connectivity index (χ3v) is 7.36. The second-order valence-electron chi connectivity index (χ2n) is 12.3. The van der Waals surface area contributed by atoms with Gasteiger partial charge in [0.05, 0.1) is 12.1 Å². The van der Waals surface area contributed by atoms with Crippen molar-refractivity contribution in [1.29, 1.82) is 0 Å². The number of carbonyl (C=O) groups excluding carboxylic acids is 6. The van der Waals surface area contributed by atoms with Crippen LogP contribution in [-0.2, 0) is 19.2 Å². The molecule has 2 rings (SSSR count). The SMILES string of the molecule is C=CCNC(=O)C(=O)C(CCC)NC(=O)C1CCCN1C(=O)C(NC(=O)NC(C(=O)c1ccccc1)C(C)C)C(C)(C)C. The van der Waals surface area contributed by atoms with E-state index in [4.69, 9.17) is 0 Å². The van der Waals surface area contributed by atoms with E-state index in [1.54, 1.807) is 51.1 Å². The predicted molar refractivity (Wildman–Crippen MR) is 164 cm³/mol. The van der Waals surface area contributed by atoms with Gasteiger partial charge in [-0.15, -0.1) is 6.58 Å². The van der Waals surface area contributed by atoms with Crippen LogP contribution >= 0.6 is 0 Å². The van der Waals surface area contributed by atoms with Gasteiger partial charge < -0.3 is 26.2 Å². The first-order valence-corrected chi connectivity index (χ1v) is 14.9. The minimum absolute atomic E-state index is 0.120. The number of hydrogen-bond donors (Lipinski definition) is 4. The first-order valence-electron chi connectivity index (χ1n) is 14.9. The van der Waals surface area contributed by atoms with Gasteiger partial charge in [-0.25, -0.2) is 4.79 Å². The molecule has 0 aromatic heterocycles. The van der Waals surface area contributed by atoms with Gasteiger partial charge in [-0.05, 0) is 30.6 Å². The molecular weight excluding hydrogens is 550 g/mol. The lowest BCUT2D eigenvalue weighted by Crippen LogP contribution is -2.61. The van der Waals surface area contributed by atoms with Gasteiger partial charge in [-0.2, -0.15) is 0 Å². The minimum Gasteiger partial charge on any atom is -0.346 e. The average molecular weight is 598 g/mol. The van der Waals surface area contributed by atoms with Crippen LogP contribution in [0.2, 0.25) is 0 Å². The topological polar surface area (TPSA) is 154 Å². The van der Waals surface area contributed by atoms with Crippen molar-refractivity contribution in [1.82, 2.24) is 26.2 Å². The third kappa shape index (κ3) is 9.76. The number of amides is 5. The van der Waals surface area contributed by atoms with E-state index in [9.17, 15) is 28.8 Å². The summed E-state index contributed by atoms with van der Waals surface area (Å²) in [6.07, 6.45) is 3.19. The lowest BCUT2D eigenvalue weighted by atomic mass is 9.85. The summed E-state index contributed by atoms with van der Waals surface area (Å²) in [5, 5.41) is 10.6. The summed E-state index contributed by atoms with van der Waals surface area (Å²) >= 11 is 0. The Morgan fingerprint density at radius 1 is 1.02 bits per heavy atom. The number of urea groups is 1. The first kappa shape index (κ1) is 35.2. The Bertz CT molecular complexity index is 1180. The molecule has 11 nitrogen and oxygen atoms in total. The van der Waals surface area contributed by atoms with E-state index in [1.165, 1.54) is 11.0 Å². The van der Waals surface area contributed by atoms with E-state index in [0.717, 1.165) is 0 Å². The number of rotatable bonds is 14. The molecular formula is C32H47N5O6. The number of nitrogens with one attached hydrogen (secondary N) is 4. The number of nitrogens with zero attached hydrogens (tertiary/aromatic N) is 1. The van der Waals surface area contributed by atoms with Gasteiger partial charge in [0.15, 0.2) is 5.78 Å². The van der Waals surface area contributed by atoms with Crippen LogP contribution in [0.5, 0.6) is 0 Å². The Balaban J connectivity index is 2.19. The molecule has 43 heavy (non-hydrogen) atoms. The summed E-state index contributed by atoms with van der Waals surface area (Å²) in [5.74, 6) is -3.01. The smallest absolute Gasteiger partial charge is 0.316 e. The van der Waals surface area contributed by atoms with Crippen LogP contribution in [0.4, 0.5) is 4.79 Å². The zero-order valence-corrected chi connectivity index (χ0v) is 26.2. The molecule has 4 atom stereocenters. The van der Waals surface area contributed by atoms with Gasteiger partial charge in [0.25, 0.3) is 5.91 Å². The number of Topliss-reactive ketones (excluding diaryl/α,β-unsaturated/α-hetero) is 2. The van der Waals surface area contributed by atoms with Crippen molar-refractivity contribution >= 4 is 35.3 Å². The fraction of sp³-hybridized carbons (Fsp3) is 0.562. The van der Waals surface area contributed by atoms with Crippen molar-refractivity contribution in [3.05, 3.63) is 48.6 Å². The van der Waals surface area contributed by atoms with Gasteiger partial charge in [-0.3, -0.25) is 24.0 Å². The number of likely N-dealkylation sites (tertiary alicyclic amines) is 1. The predicted octanol–water partition coefficient (Wildman–Crippen LogP) is 2.76. The van der Waals surface area contributed by atoms with Crippen LogP contribution in [0.15, 0.2) is 43.0 Å². The molecule has 1 aliphatic heterocycles. The summed E-state index contributed by atoms with van der Waals surface area (Å²) in [7, 11) is 0. The van der Waals surface area contributed by atoms with Crippen LogP contribution in [0, 0.1) is 11.3 Å². The molecule has 1 aromatic carbocycles. The Kier molecular flexibility index (Phi) is 13.1. The fourth-order valence-electron chi connectivity index (χ4n) is 4.98. The Labute approximate surface area is 254 Å². The molecule has 0 aliphatic carbocycles. The molecule has 4 N–H and O–H groups in total. The molecule has 1 aromatic rings. The van der Waals surface area contributed by atoms with E-state index in [2.05, 4.69) is 27.8 Å². The highest BCUT2D eigenvalue weighted by molar-refractivity contribution is 6.38. The second-order valence-corrected chi connectivity index (χ2v) is 12.3. The standard InChI is InChI=1S/C32H47N5O6/c1-8-14-22(26(39)29(41)33-18-9-2)34-28(40)23-17-13-19-37(23)30(42)27(32(5,6)7)36-31(43)35-24(20(3)4)25(38)21-15-11-10-12-16-21/h9-12,15-16,20,22-24,27H,2,8,13-14,17-19H2,1,3-7H3,(H,33,41)(H,34,40)(H2,35,36,43). The molecule has 1 heterocycles. The van der Waals surface area contributed by atoms with Crippen LogP contribution in [0.25, 0.3) is 0 Å². The van der Waals surface area contributed by atoms with E-state index in [1.807, 2.05) is 20.8 Å². The molecule has 1 aliphatic rings. The maximum absolute atomic E-state index is 13.9. The second kappa shape index (κ2) is 16.0. The molecule has 0 spiro atoms. The first-order chi connectivity index (χ1) is 20.2. The normalized spacial score (nSPS) is 16.9. The molecule has 1 fully saturated rings. The third-order valence-electron chi connectivity index (χ3n) is 7.36. The highest BCUT2D eigenvalue weighted by atomic mass is 16.2. The Hall–Kier alpha value is -4.02. The van der Waals surface area contributed by atoms with Crippen molar-refractivity contribution in [2.45, 2.75) is 91.4 Å². The maximum atomic E-state index is 13.9. The Morgan fingerprint density at radius 2 is 1.67 bits per heavy atom. The van der Waals surface area contributed by atoms with Gasteiger partial charge >= 0.3 is 6.03 Å². The van der Waals surface area contributed by atoms with Crippen LogP contribution in [0.1, 0.15) is 77.6 Å². The number of ketones is 2. The Morgan fingerprint density at radius 3 is 2.23 bits per heavy atom. The number of carbonyl (C=O) groups is 6.